The SMILES string of the molecule is CCCC(COC(=O)Cc1ccc(NC(=O)c2ccccc2-c2ccc(C(F)(F)F)cc2)c(C(=O)N(C)C)c1)(C(=O)OCC)C(=O)OCC. The first kappa shape index (κ1) is 38.2. The van der Waals surface area contributed by atoms with E-state index in [1.54, 1.807) is 39.0 Å². The number of benzene rings is 3. The summed E-state index contributed by atoms with van der Waals surface area (Å²) in [5, 5.41) is 2.71. The minimum absolute atomic E-state index is 0.00383. The highest BCUT2D eigenvalue weighted by Crippen LogP contribution is 2.33. The first-order valence-electron chi connectivity index (χ1n) is 15.6. The van der Waals surface area contributed by atoms with Gasteiger partial charge in [0.15, 0.2) is 5.41 Å². The first-order valence-corrected chi connectivity index (χ1v) is 15.6. The molecule has 0 radical (unpaired) electrons. The Morgan fingerprint density at radius 1 is 0.776 bits per heavy atom. The van der Waals surface area contributed by atoms with Crippen molar-refractivity contribution in [2.75, 3.05) is 39.2 Å². The van der Waals surface area contributed by atoms with Gasteiger partial charge in [0.05, 0.1) is 36.4 Å². The maximum atomic E-state index is 13.5. The number of hydrogen-bond donors (Lipinski definition) is 1. The van der Waals surface area contributed by atoms with Crippen molar-refractivity contribution in [1.82, 2.24) is 4.90 Å². The number of nitrogens with one attached hydrogen (secondary N) is 1. The number of carbonyl (C=O) groups excluding carboxylic acids is 5. The average molecular weight is 685 g/mol. The number of rotatable bonds is 14. The third kappa shape index (κ3) is 9.46. The molecule has 0 unspecified atom stereocenters. The fraction of sp³-hybridized carbons (Fsp3) is 0.361. The summed E-state index contributed by atoms with van der Waals surface area (Å²) < 4.78 is 55.0. The number of esters is 3. The van der Waals surface area contributed by atoms with Gasteiger partial charge in [-0.05, 0) is 67.3 Å². The number of hydrogen-bond acceptors (Lipinski definition) is 8. The van der Waals surface area contributed by atoms with Crippen LogP contribution >= 0.6 is 0 Å². The van der Waals surface area contributed by atoms with Gasteiger partial charge in [0.1, 0.15) is 6.61 Å². The maximum absolute atomic E-state index is 13.5. The van der Waals surface area contributed by atoms with Gasteiger partial charge in [-0.25, -0.2) is 0 Å². The van der Waals surface area contributed by atoms with Gasteiger partial charge in [-0.1, -0.05) is 49.7 Å². The van der Waals surface area contributed by atoms with E-state index in [2.05, 4.69) is 5.32 Å². The number of ether oxygens (including phenoxy) is 3. The molecule has 3 rings (SSSR count). The van der Waals surface area contributed by atoms with E-state index >= 15 is 0 Å². The molecule has 0 bridgehead atoms. The molecule has 3 aromatic rings. The van der Waals surface area contributed by atoms with Crippen molar-refractivity contribution < 1.29 is 51.4 Å². The zero-order chi connectivity index (χ0) is 36.4. The van der Waals surface area contributed by atoms with Crippen LogP contribution in [0.5, 0.6) is 0 Å². The molecule has 0 atom stereocenters. The van der Waals surface area contributed by atoms with Crippen molar-refractivity contribution in [2.45, 2.75) is 46.2 Å². The minimum Gasteiger partial charge on any atom is -0.465 e. The molecule has 3 aromatic carbocycles. The molecular weight excluding hydrogens is 645 g/mol. The van der Waals surface area contributed by atoms with Crippen molar-refractivity contribution in [3.63, 3.8) is 0 Å². The van der Waals surface area contributed by atoms with Gasteiger partial charge in [-0.3, -0.25) is 24.0 Å². The summed E-state index contributed by atoms with van der Waals surface area (Å²) in [5.74, 6) is -3.63. The second-order valence-corrected chi connectivity index (χ2v) is 11.3. The van der Waals surface area contributed by atoms with E-state index in [0.717, 1.165) is 12.1 Å². The first-order chi connectivity index (χ1) is 23.2. The van der Waals surface area contributed by atoms with Gasteiger partial charge in [-0.15, -0.1) is 0 Å². The lowest BCUT2D eigenvalue weighted by Gasteiger charge is -2.28. The molecule has 49 heavy (non-hydrogen) atoms. The van der Waals surface area contributed by atoms with E-state index in [1.807, 2.05) is 0 Å². The largest absolute Gasteiger partial charge is 0.465 e. The standard InChI is InChI=1S/C36H39F3N2O8/c1-6-19-35(33(45)47-7-2,34(46)48-8-3)22-49-30(42)21-23-13-18-29(28(20-23)32(44)41(4)5)40-31(43)27-12-10-9-11-26(27)24-14-16-25(17-15-24)36(37,38)39/h9-18,20H,6-8,19,21-22H2,1-5H3,(H,40,43). The Morgan fingerprint density at radius 2 is 1.39 bits per heavy atom. The van der Waals surface area contributed by atoms with Gasteiger partial charge < -0.3 is 24.4 Å². The fourth-order valence-corrected chi connectivity index (χ4v) is 5.05. The second-order valence-electron chi connectivity index (χ2n) is 11.3. The van der Waals surface area contributed by atoms with Crippen LogP contribution in [0.1, 0.15) is 65.5 Å². The highest BCUT2D eigenvalue weighted by molar-refractivity contribution is 6.12. The van der Waals surface area contributed by atoms with Crippen LogP contribution in [0.15, 0.2) is 66.7 Å². The normalized spacial score (nSPS) is 11.3. The number of carbonyl (C=O) groups is 5. The van der Waals surface area contributed by atoms with Crippen LogP contribution in [0.4, 0.5) is 18.9 Å². The molecule has 0 aliphatic carbocycles. The topological polar surface area (TPSA) is 128 Å². The molecule has 0 fully saturated rings. The smallest absolute Gasteiger partial charge is 0.416 e. The van der Waals surface area contributed by atoms with Crippen molar-refractivity contribution in [1.29, 1.82) is 0 Å². The lowest BCUT2D eigenvalue weighted by atomic mass is 9.84. The molecular formula is C36H39F3N2O8. The highest BCUT2D eigenvalue weighted by Gasteiger charge is 2.49. The maximum Gasteiger partial charge on any atom is 0.416 e. The summed E-state index contributed by atoms with van der Waals surface area (Å²) in [6.45, 7) is 4.33. The van der Waals surface area contributed by atoms with Crippen LogP contribution in [0.3, 0.4) is 0 Å². The third-order valence-electron chi connectivity index (χ3n) is 7.50. The van der Waals surface area contributed by atoms with E-state index in [1.165, 1.54) is 55.4 Å². The average Bonchev–Trinajstić information content (AvgIpc) is 3.06. The molecule has 1 N–H and O–H groups in total. The molecule has 0 aromatic heterocycles. The zero-order valence-electron chi connectivity index (χ0n) is 27.9. The number of alkyl halides is 3. The molecule has 2 amide bonds. The summed E-state index contributed by atoms with van der Waals surface area (Å²) in [6, 6.07) is 15.1. The molecule has 0 saturated carbocycles. The van der Waals surface area contributed by atoms with Gasteiger partial charge in [0.25, 0.3) is 11.8 Å². The van der Waals surface area contributed by atoms with Crippen molar-refractivity contribution in [3.05, 3.63) is 89.0 Å². The molecule has 10 nitrogen and oxygen atoms in total. The Balaban J connectivity index is 1.87. The van der Waals surface area contributed by atoms with Crippen molar-refractivity contribution in [2.24, 2.45) is 5.41 Å². The van der Waals surface area contributed by atoms with E-state index in [-0.39, 0.29) is 42.9 Å². The van der Waals surface area contributed by atoms with Gasteiger partial charge >= 0.3 is 24.1 Å². The number of nitrogens with zero attached hydrogens (tertiary/aromatic N) is 1. The fourth-order valence-electron chi connectivity index (χ4n) is 5.05. The molecule has 0 aliphatic rings. The number of amides is 2. The van der Waals surface area contributed by atoms with Gasteiger partial charge in [0.2, 0.25) is 0 Å². The number of halogens is 3. The Hall–Kier alpha value is -5.20. The van der Waals surface area contributed by atoms with E-state index in [9.17, 15) is 37.1 Å². The Morgan fingerprint density at radius 3 is 1.94 bits per heavy atom. The quantitative estimate of drug-likeness (QED) is 0.119. The Bertz CT molecular complexity index is 1650. The summed E-state index contributed by atoms with van der Waals surface area (Å²) in [4.78, 5) is 66.7. The third-order valence-corrected chi connectivity index (χ3v) is 7.50. The number of anilines is 1. The Labute approximate surface area is 282 Å². The van der Waals surface area contributed by atoms with Gasteiger partial charge in [0, 0.05) is 19.7 Å². The van der Waals surface area contributed by atoms with E-state index < -0.39 is 53.5 Å². The van der Waals surface area contributed by atoms with Crippen LogP contribution in [0.2, 0.25) is 0 Å². The molecule has 0 spiro atoms. The van der Waals surface area contributed by atoms with Crippen LogP contribution < -0.4 is 5.32 Å². The molecule has 0 heterocycles. The van der Waals surface area contributed by atoms with Crippen LogP contribution in [-0.2, 0) is 41.2 Å². The summed E-state index contributed by atoms with van der Waals surface area (Å²) in [6.07, 6.45) is -4.44. The molecule has 0 aliphatic heterocycles. The highest BCUT2D eigenvalue weighted by atomic mass is 19.4. The van der Waals surface area contributed by atoms with E-state index in [0.29, 0.717) is 23.1 Å². The minimum atomic E-state index is -4.52. The van der Waals surface area contributed by atoms with Crippen LogP contribution in [-0.4, -0.2) is 68.5 Å². The van der Waals surface area contributed by atoms with E-state index in [4.69, 9.17) is 14.2 Å². The van der Waals surface area contributed by atoms with Crippen molar-refractivity contribution in [3.8, 4) is 11.1 Å². The predicted octanol–water partition coefficient (Wildman–Crippen LogP) is 6.32. The summed E-state index contributed by atoms with van der Waals surface area (Å²) in [5.41, 5.74) is -1.25. The van der Waals surface area contributed by atoms with Gasteiger partial charge in [-0.2, -0.15) is 13.2 Å². The second kappa shape index (κ2) is 16.8. The van der Waals surface area contributed by atoms with Crippen molar-refractivity contribution >= 4 is 35.4 Å². The summed E-state index contributed by atoms with van der Waals surface area (Å²) in [7, 11) is 3.01. The van der Waals surface area contributed by atoms with Crippen LogP contribution in [0.25, 0.3) is 11.1 Å². The molecule has 262 valence electrons. The lowest BCUT2D eigenvalue weighted by molar-refractivity contribution is -0.179. The van der Waals surface area contributed by atoms with Crippen LogP contribution in [0, 0.1) is 5.41 Å². The Kier molecular flexibility index (Phi) is 13.1. The monoisotopic (exact) mass is 684 g/mol. The summed E-state index contributed by atoms with van der Waals surface area (Å²) >= 11 is 0. The predicted molar refractivity (Wildman–Crippen MR) is 175 cm³/mol. The molecule has 13 heteroatoms. The lowest BCUT2D eigenvalue weighted by Crippen LogP contribution is -2.46. The molecule has 0 saturated heterocycles. The zero-order valence-corrected chi connectivity index (χ0v) is 27.9.